The molecular weight excluding hydrogens is 590 g/mol. The molecule has 0 saturated heterocycles. The molecule has 0 unspecified atom stereocenters. The van der Waals surface area contributed by atoms with Gasteiger partial charge in [0.25, 0.3) is 11.8 Å². The summed E-state index contributed by atoms with van der Waals surface area (Å²) >= 11 is 7.52. The molecule has 5 aromatic rings. The summed E-state index contributed by atoms with van der Waals surface area (Å²) in [5.74, 6) is -0.837. The smallest absolute Gasteiger partial charge is 0.272 e. The predicted molar refractivity (Wildman–Crippen MR) is 179 cm³/mol. The highest BCUT2D eigenvalue weighted by Gasteiger charge is 2.19. The fourth-order valence-corrected chi connectivity index (χ4v) is 5.37. The average Bonchev–Trinajstić information content (AvgIpc) is 3.05. The Hall–Kier alpha value is -5.11. The summed E-state index contributed by atoms with van der Waals surface area (Å²) in [6.45, 7) is 0. The van der Waals surface area contributed by atoms with Crippen molar-refractivity contribution in [2.24, 2.45) is 0 Å². The zero-order valence-corrected chi connectivity index (χ0v) is 25.1. The van der Waals surface area contributed by atoms with Crippen LogP contribution in [-0.2, 0) is 9.59 Å². The Morgan fingerprint density at radius 3 is 1.95 bits per heavy atom. The van der Waals surface area contributed by atoms with Crippen LogP contribution in [0.5, 0.6) is 0 Å². The van der Waals surface area contributed by atoms with E-state index in [2.05, 4.69) is 10.6 Å². The molecule has 218 valence electrons. The van der Waals surface area contributed by atoms with E-state index in [9.17, 15) is 14.4 Å². The van der Waals surface area contributed by atoms with Gasteiger partial charge in [-0.15, -0.1) is 11.8 Å². The fraction of sp³-hybridized carbons (Fsp3) is 0.0278. The van der Waals surface area contributed by atoms with Crippen molar-refractivity contribution in [3.05, 3.63) is 161 Å². The van der Waals surface area contributed by atoms with Gasteiger partial charge in [-0.25, -0.2) is 0 Å². The molecule has 0 aliphatic rings. The van der Waals surface area contributed by atoms with Crippen LogP contribution in [0.2, 0.25) is 5.02 Å². The third-order valence-electron chi connectivity index (χ3n) is 6.42. The summed E-state index contributed by atoms with van der Waals surface area (Å²) in [5, 5.41) is 6.11. The maximum Gasteiger partial charge on any atom is 0.272 e. The number of nitrogens with one attached hydrogen (secondary N) is 2. The van der Waals surface area contributed by atoms with Crippen LogP contribution in [0, 0.1) is 0 Å². The largest absolute Gasteiger partial charge is 0.321 e. The molecule has 44 heavy (non-hydrogen) atoms. The van der Waals surface area contributed by atoms with Crippen LogP contribution in [0.15, 0.2) is 150 Å². The molecule has 6 nitrogen and oxygen atoms in total. The van der Waals surface area contributed by atoms with Gasteiger partial charge in [-0.3, -0.25) is 19.3 Å². The van der Waals surface area contributed by atoms with Crippen molar-refractivity contribution in [3.8, 4) is 0 Å². The minimum Gasteiger partial charge on any atom is -0.321 e. The Balaban J connectivity index is 1.31. The van der Waals surface area contributed by atoms with Crippen molar-refractivity contribution in [1.29, 1.82) is 0 Å². The summed E-state index contributed by atoms with van der Waals surface area (Å²) < 4.78 is 0. The van der Waals surface area contributed by atoms with Crippen LogP contribution >= 0.6 is 23.4 Å². The lowest BCUT2D eigenvalue weighted by atomic mass is 10.1. The number of anilines is 3. The molecule has 5 aromatic carbocycles. The maximum absolute atomic E-state index is 13.5. The molecule has 0 aliphatic carbocycles. The van der Waals surface area contributed by atoms with Gasteiger partial charge in [0.2, 0.25) is 5.91 Å². The first-order valence-corrected chi connectivity index (χ1v) is 15.1. The number of amides is 3. The van der Waals surface area contributed by atoms with E-state index in [1.54, 1.807) is 77.7 Å². The number of thioether (sulfide) groups is 1. The van der Waals surface area contributed by atoms with Crippen LogP contribution < -0.4 is 15.5 Å². The first kappa shape index (κ1) is 30.4. The summed E-state index contributed by atoms with van der Waals surface area (Å²) in [6, 6.07) is 41.9. The molecule has 0 bridgehead atoms. The van der Waals surface area contributed by atoms with Gasteiger partial charge in [0.1, 0.15) is 5.70 Å². The Labute approximate surface area is 265 Å². The van der Waals surface area contributed by atoms with Crippen LogP contribution in [0.4, 0.5) is 17.1 Å². The van der Waals surface area contributed by atoms with Crippen LogP contribution in [0.25, 0.3) is 6.08 Å². The Bertz CT molecular complexity index is 1740. The number of hydrogen-bond donors (Lipinski definition) is 2. The van der Waals surface area contributed by atoms with Gasteiger partial charge in [-0.1, -0.05) is 84.4 Å². The molecule has 0 radical (unpaired) electrons. The fourth-order valence-electron chi connectivity index (χ4n) is 4.37. The van der Waals surface area contributed by atoms with E-state index in [-0.39, 0.29) is 17.4 Å². The predicted octanol–water partition coefficient (Wildman–Crippen LogP) is 8.21. The second-order valence-electron chi connectivity index (χ2n) is 9.60. The first-order chi connectivity index (χ1) is 21.5. The third-order valence-corrected chi connectivity index (χ3v) is 7.63. The number of para-hydroxylation sites is 2. The lowest BCUT2D eigenvalue weighted by Gasteiger charge is -2.23. The molecule has 5 rings (SSSR count). The lowest BCUT2D eigenvalue weighted by Crippen LogP contribution is -2.30. The lowest BCUT2D eigenvalue weighted by molar-refractivity contribution is -0.115. The summed E-state index contributed by atoms with van der Waals surface area (Å²) in [5.41, 5.74) is 3.20. The highest BCUT2D eigenvalue weighted by molar-refractivity contribution is 8.00. The average molecular weight is 618 g/mol. The van der Waals surface area contributed by atoms with Gasteiger partial charge in [0.15, 0.2) is 0 Å². The van der Waals surface area contributed by atoms with E-state index in [0.717, 1.165) is 16.3 Å². The molecular formula is C36H28ClN3O3S. The Morgan fingerprint density at radius 2 is 1.32 bits per heavy atom. The maximum atomic E-state index is 13.5. The second-order valence-corrected chi connectivity index (χ2v) is 11.1. The molecule has 3 amide bonds. The SMILES string of the molecule is O=C(Nc1cccc(SCC(=O)N(c2ccccc2)c2ccccc2)c1)/C(=C/c1cccc(Cl)c1)NC(=O)c1ccccc1. The number of rotatable bonds is 10. The van der Waals surface area contributed by atoms with Crippen molar-refractivity contribution in [2.75, 3.05) is 16.0 Å². The minimum atomic E-state index is -0.508. The molecule has 0 aromatic heterocycles. The number of carbonyl (C=O) groups is 3. The Kier molecular flexibility index (Phi) is 10.3. The van der Waals surface area contributed by atoms with E-state index in [1.165, 1.54) is 11.8 Å². The van der Waals surface area contributed by atoms with Crippen molar-refractivity contribution in [1.82, 2.24) is 5.32 Å². The van der Waals surface area contributed by atoms with E-state index >= 15 is 0 Å². The molecule has 0 atom stereocenters. The highest BCUT2D eigenvalue weighted by Crippen LogP contribution is 2.28. The van der Waals surface area contributed by atoms with Gasteiger partial charge < -0.3 is 10.6 Å². The van der Waals surface area contributed by atoms with Gasteiger partial charge in [0.05, 0.1) is 5.75 Å². The quantitative estimate of drug-likeness (QED) is 0.122. The topological polar surface area (TPSA) is 78.5 Å². The van der Waals surface area contributed by atoms with Gasteiger partial charge in [-0.2, -0.15) is 0 Å². The zero-order valence-electron chi connectivity index (χ0n) is 23.5. The first-order valence-electron chi connectivity index (χ1n) is 13.8. The van der Waals surface area contributed by atoms with Gasteiger partial charge in [0, 0.05) is 32.5 Å². The number of carbonyl (C=O) groups excluding carboxylic acids is 3. The van der Waals surface area contributed by atoms with Crippen molar-refractivity contribution < 1.29 is 14.4 Å². The molecule has 0 spiro atoms. The van der Waals surface area contributed by atoms with Gasteiger partial charge >= 0.3 is 0 Å². The number of nitrogens with zero attached hydrogens (tertiary/aromatic N) is 1. The normalized spacial score (nSPS) is 11.0. The van der Waals surface area contributed by atoms with E-state index < -0.39 is 11.8 Å². The van der Waals surface area contributed by atoms with E-state index in [4.69, 9.17) is 11.6 Å². The molecule has 2 N–H and O–H groups in total. The van der Waals surface area contributed by atoms with Gasteiger partial charge in [-0.05, 0) is 78.4 Å². The standard InChI is InChI=1S/C36H28ClN3O3S/c37-28-15-10-12-26(22-28)23-33(39-35(42)27-13-4-1-5-14-27)36(43)38-29-16-11-21-32(24-29)44-25-34(41)40(30-17-6-2-7-18-30)31-19-8-3-9-20-31/h1-24H,25H2,(H,38,43)(H,39,42)/b33-23-. The molecule has 0 heterocycles. The number of halogens is 1. The summed E-state index contributed by atoms with van der Waals surface area (Å²) in [4.78, 5) is 42.3. The van der Waals surface area contributed by atoms with Crippen molar-refractivity contribution in [3.63, 3.8) is 0 Å². The minimum absolute atomic E-state index is 0.0516. The monoisotopic (exact) mass is 617 g/mol. The van der Waals surface area contributed by atoms with Crippen LogP contribution in [0.3, 0.4) is 0 Å². The van der Waals surface area contributed by atoms with E-state index in [0.29, 0.717) is 21.8 Å². The molecule has 0 aliphatic heterocycles. The van der Waals surface area contributed by atoms with Crippen LogP contribution in [0.1, 0.15) is 15.9 Å². The van der Waals surface area contributed by atoms with Crippen molar-refractivity contribution in [2.45, 2.75) is 4.90 Å². The highest BCUT2D eigenvalue weighted by atomic mass is 35.5. The third kappa shape index (κ3) is 8.25. The Morgan fingerprint density at radius 1 is 0.705 bits per heavy atom. The van der Waals surface area contributed by atoms with E-state index in [1.807, 2.05) is 72.8 Å². The summed E-state index contributed by atoms with van der Waals surface area (Å²) in [6.07, 6.45) is 1.57. The van der Waals surface area contributed by atoms with Crippen molar-refractivity contribution >= 4 is 64.2 Å². The molecule has 8 heteroatoms. The molecule has 0 saturated carbocycles. The molecule has 0 fully saturated rings. The number of hydrogen-bond acceptors (Lipinski definition) is 4. The summed E-state index contributed by atoms with van der Waals surface area (Å²) in [7, 11) is 0. The number of benzene rings is 5. The van der Waals surface area contributed by atoms with Crippen LogP contribution in [-0.4, -0.2) is 23.5 Å². The zero-order chi connectivity index (χ0) is 30.7. The second kappa shape index (κ2) is 14.9.